The zero-order valence-corrected chi connectivity index (χ0v) is 15.8. The highest BCUT2D eigenvalue weighted by molar-refractivity contribution is 5.79. The van der Waals surface area contributed by atoms with Crippen LogP contribution in [-0.2, 0) is 12.7 Å². The first-order chi connectivity index (χ1) is 14.7. The Balaban J connectivity index is 1.49. The lowest BCUT2D eigenvalue weighted by atomic mass is 10.1. The van der Waals surface area contributed by atoms with Gasteiger partial charge in [0.15, 0.2) is 0 Å². The fourth-order valence-corrected chi connectivity index (χ4v) is 2.87. The van der Waals surface area contributed by atoms with Gasteiger partial charge in [-0.3, -0.25) is 19.6 Å². The van der Waals surface area contributed by atoms with E-state index < -0.39 is 22.9 Å². The summed E-state index contributed by atoms with van der Waals surface area (Å²) in [6.07, 6.45) is -0.342. The van der Waals surface area contributed by atoms with E-state index in [2.05, 4.69) is 29.9 Å². The molecule has 0 fully saturated rings. The quantitative estimate of drug-likeness (QED) is 0.461. The van der Waals surface area contributed by atoms with Crippen LogP contribution in [0.2, 0.25) is 0 Å². The van der Waals surface area contributed by atoms with E-state index in [0.717, 1.165) is 0 Å². The number of alkyl halides is 3. The van der Waals surface area contributed by atoms with Crippen molar-refractivity contribution in [2.45, 2.75) is 12.7 Å². The summed E-state index contributed by atoms with van der Waals surface area (Å²) < 4.78 is 42.0. The van der Waals surface area contributed by atoms with Crippen LogP contribution in [-0.4, -0.2) is 27.2 Å². The van der Waals surface area contributed by atoms with Crippen LogP contribution < -0.4 is 21.1 Å². The normalized spacial score (nSPS) is 11.6. The van der Waals surface area contributed by atoms with Gasteiger partial charge < -0.3 is 14.7 Å². The maximum Gasteiger partial charge on any atom is 0.471 e. The molecule has 0 aliphatic carbocycles. The maximum atomic E-state index is 12.6. The van der Waals surface area contributed by atoms with E-state index in [-0.39, 0.29) is 29.3 Å². The molecule has 0 saturated carbocycles. The smallest absolute Gasteiger partial charge is 0.364 e. The Hall–Kier alpha value is -4.09. The number of nitrogens with one attached hydrogen (secondary N) is 1. The minimum Gasteiger partial charge on any atom is -0.364 e. The molecule has 0 spiro atoms. The SMILES string of the molecule is CN(Cc1ccc(-c2noc(C(F)(F)F)n2)cn1)c1c(Nc2cccnc2)c(=O)c1=O. The lowest BCUT2D eigenvalue weighted by Crippen LogP contribution is -2.40. The second kappa shape index (κ2) is 7.63. The van der Waals surface area contributed by atoms with E-state index in [0.29, 0.717) is 11.4 Å². The van der Waals surface area contributed by atoms with Gasteiger partial charge in [0.05, 0.1) is 24.1 Å². The summed E-state index contributed by atoms with van der Waals surface area (Å²) in [5.74, 6) is -1.69. The van der Waals surface area contributed by atoms with Gasteiger partial charge in [-0.2, -0.15) is 18.2 Å². The molecule has 0 aliphatic heterocycles. The van der Waals surface area contributed by atoms with Gasteiger partial charge in [-0.25, -0.2) is 0 Å². The van der Waals surface area contributed by atoms with Gasteiger partial charge in [-0.05, 0) is 24.3 Å². The molecule has 31 heavy (non-hydrogen) atoms. The van der Waals surface area contributed by atoms with Crippen molar-refractivity contribution in [2.75, 3.05) is 17.3 Å². The van der Waals surface area contributed by atoms with Crippen molar-refractivity contribution >= 4 is 17.1 Å². The van der Waals surface area contributed by atoms with Gasteiger partial charge in [0.1, 0.15) is 11.4 Å². The highest BCUT2D eigenvalue weighted by Crippen LogP contribution is 2.29. The van der Waals surface area contributed by atoms with E-state index in [1.54, 1.807) is 36.3 Å². The third-order valence-electron chi connectivity index (χ3n) is 4.35. The van der Waals surface area contributed by atoms with Gasteiger partial charge in [0.25, 0.3) is 10.9 Å². The molecule has 0 atom stereocenters. The Morgan fingerprint density at radius 1 is 1.13 bits per heavy atom. The van der Waals surface area contributed by atoms with Crippen LogP contribution >= 0.6 is 0 Å². The number of aromatic nitrogens is 4. The summed E-state index contributed by atoms with van der Waals surface area (Å²) in [4.78, 5) is 37.0. The molecule has 4 aromatic rings. The molecule has 0 saturated heterocycles. The molecule has 3 aromatic heterocycles. The molecular weight excluding hydrogens is 417 g/mol. The van der Waals surface area contributed by atoms with Crippen molar-refractivity contribution in [2.24, 2.45) is 0 Å². The number of nitrogens with zero attached hydrogens (tertiary/aromatic N) is 5. The van der Waals surface area contributed by atoms with Crippen molar-refractivity contribution < 1.29 is 17.7 Å². The van der Waals surface area contributed by atoms with E-state index in [4.69, 9.17) is 0 Å². The molecule has 1 N–H and O–H groups in total. The number of pyridine rings is 2. The minimum absolute atomic E-state index is 0.156. The molecule has 0 bridgehead atoms. The monoisotopic (exact) mass is 430 g/mol. The third-order valence-corrected chi connectivity index (χ3v) is 4.35. The fourth-order valence-electron chi connectivity index (χ4n) is 2.87. The molecular formula is C19H13F3N6O3. The fraction of sp³-hybridized carbons (Fsp3) is 0.158. The van der Waals surface area contributed by atoms with Gasteiger partial charge in [0, 0.05) is 25.0 Å². The van der Waals surface area contributed by atoms with Crippen molar-refractivity contribution in [1.29, 1.82) is 0 Å². The number of rotatable bonds is 6. The highest BCUT2D eigenvalue weighted by atomic mass is 19.4. The molecule has 0 amide bonds. The number of anilines is 3. The van der Waals surface area contributed by atoms with E-state index in [9.17, 15) is 22.8 Å². The summed E-state index contributed by atoms with van der Waals surface area (Å²) >= 11 is 0. The minimum atomic E-state index is -4.73. The second-order valence-corrected chi connectivity index (χ2v) is 6.56. The predicted molar refractivity (Wildman–Crippen MR) is 104 cm³/mol. The van der Waals surface area contributed by atoms with Crippen LogP contribution in [0.4, 0.5) is 30.2 Å². The van der Waals surface area contributed by atoms with Gasteiger partial charge in [0.2, 0.25) is 5.82 Å². The van der Waals surface area contributed by atoms with Gasteiger partial charge in [-0.1, -0.05) is 5.16 Å². The summed E-state index contributed by atoms with van der Waals surface area (Å²) in [6, 6.07) is 6.42. The molecule has 4 rings (SSSR count). The summed E-state index contributed by atoms with van der Waals surface area (Å²) in [5, 5.41) is 6.19. The van der Waals surface area contributed by atoms with Gasteiger partial charge >= 0.3 is 12.1 Å². The van der Waals surface area contributed by atoms with E-state index in [1.165, 1.54) is 18.5 Å². The van der Waals surface area contributed by atoms with Crippen LogP contribution in [0, 0.1) is 0 Å². The molecule has 9 nitrogen and oxygen atoms in total. The number of halogens is 3. The molecule has 0 unspecified atom stereocenters. The second-order valence-electron chi connectivity index (χ2n) is 6.56. The molecule has 158 valence electrons. The van der Waals surface area contributed by atoms with Crippen LogP contribution in [0.1, 0.15) is 11.6 Å². The summed E-state index contributed by atoms with van der Waals surface area (Å²) in [7, 11) is 1.62. The van der Waals surface area contributed by atoms with Crippen molar-refractivity contribution in [3.05, 3.63) is 74.9 Å². The van der Waals surface area contributed by atoms with Crippen LogP contribution in [0.3, 0.4) is 0 Å². The largest absolute Gasteiger partial charge is 0.471 e. The Bertz CT molecular complexity index is 1280. The Morgan fingerprint density at radius 3 is 2.55 bits per heavy atom. The van der Waals surface area contributed by atoms with Crippen molar-refractivity contribution in [3.8, 4) is 11.4 Å². The zero-order valence-electron chi connectivity index (χ0n) is 15.8. The predicted octanol–water partition coefficient (Wildman–Crippen LogP) is 2.52. The Morgan fingerprint density at radius 2 is 1.94 bits per heavy atom. The van der Waals surface area contributed by atoms with Gasteiger partial charge in [-0.15, -0.1) is 0 Å². The lowest BCUT2D eigenvalue weighted by Gasteiger charge is -2.23. The third kappa shape index (κ3) is 3.99. The zero-order chi connectivity index (χ0) is 22.2. The molecule has 3 heterocycles. The molecule has 12 heteroatoms. The topological polar surface area (TPSA) is 114 Å². The Labute approximate surface area is 171 Å². The maximum absolute atomic E-state index is 12.6. The summed E-state index contributed by atoms with van der Waals surface area (Å²) in [6.45, 7) is 0.174. The van der Waals surface area contributed by atoms with Crippen LogP contribution in [0.25, 0.3) is 11.4 Å². The Kier molecular flexibility index (Phi) is 4.97. The molecule has 0 aliphatic rings. The average molecular weight is 430 g/mol. The molecule has 1 aromatic carbocycles. The average Bonchev–Trinajstić information content (AvgIpc) is 3.25. The first-order valence-corrected chi connectivity index (χ1v) is 8.81. The van der Waals surface area contributed by atoms with Crippen LogP contribution in [0.15, 0.2) is 57.0 Å². The lowest BCUT2D eigenvalue weighted by molar-refractivity contribution is -0.159. The standard InChI is InChI=1S/C19H13F3N6O3/c1-28(14-13(15(29)16(14)30)25-11-3-2-6-23-8-11)9-12-5-4-10(7-24-12)17-26-18(31-27-17)19(20,21)22/h2-8,25H,9H2,1H3. The summed E-state index contributed by atoms with van der Waals surface area (Å²) in [5.41, 5.74) is 0.398. The highest BCUT2D eigenvalue weighted by Gasteiger charge is 2.38. The number of hydrogen-bond donors (Lipinski definition) is 1. The van der Waals surface area contributed by atoms with E-state index >= 15 is 0 Å². The van der Waals surface area contributed by atoms with E-state index in [1.807, 2.05) is 0 Å². The van der Waals surface area contributed by atoms with Crippen molar-refractivity contribution in [1.82, 2.24) is 20.1 Å². The molecule has 0 radical (unpaired) electrons. The first-order valence-electron chi connectivity index (χ1n) is 8.81. The first kappa shape index (κ1) is 20.2. The van der Waals surface area contributed by atoms with Crippen molar-refractivity contribution in [3.63, 3.8) is 0 Å². The number of hydrogen-bond acceptors (Lipinski definition) is 9. The van der Waals surface area contributed by atoms with Crippen LogP contribution in [0.5, 0.6) is 0 Å².